The van der Waals surface area contributed by atoms with Crippen LogP contribution in [0.5, 0.6) is 11.5 Å². The number of thioether (sulfide) groups is 1. The van der Waals surface area contributed by atoms with E-state index in [1.54, 1.807) is 48.5 Å². The fraction of sp³-hybridized carbons (Fsp3) is 0.200. The predicted molar refractivity (Wildman–Crippen MR) is 164 cm³/mol. The highest BCUT2D eigenvalue weighted by atomic mass is 32.2. The quantitative estimate of drug-likeness (QED) is 0.171. The van der Waals surface area contributed by atoms with Crippen LogP contribution in [-0.4, -0.2) is 46.7 Å². The largest absolute Gasteiger partial charge is 0.497 e. The summed E-state index contributed by atoms with van der Waals surface area (Å²) >= 11 is 2.02. The van der Waals surface area contributed by atoms with Crippen molar-refractivity contribution in [2.45, 2.75) is 22.7 Å². The number of non-ortho nitro benzene ring substituents is 1. The molecule has 3 atom stereocenters. The molecule has 2 aliphatic heterocycles. The van der Waals surface area contributed by atoms with E-state index in [0.717, 1.165) is 28.0 Å². The molecule has 4 aromatic rings. The van der Waals surface area contributed by atoms with Crippen LogP contribution >= 0.6 is 23.1 Å². The molecule has 14 heteroatoms. The van der Waals surface area contributed by atoms with Gasteiger partial charge < -0.3 is 14.8 Å². The highest BCUT2D eigenvalue weighted by molar-refractivity contribution is 8.00. The van der Waals surface area contributed by atoms with Crippen molar-refractivity contribution >= 4 is 57.9 Å². The molecule has 0 spiro atoms. The molecular weight excluding hydrogens is 608 g/mol. The standard InChI is InChI=1S/C30H24N4O8S2/c1-41-20-11-3-16(4-12-20)23-24-25(28(37)33(27(24)36)18-7-9-19(10-8-18)34(39)40)43-29-26(23)44-30(38)32(29)15-22(35)31-17-5-13-21(42-2)14-6-17/h3-14,23-25H,15H2,1-2H3,(H,31,35)/t23-,24-,25+/m0/s1. The Morgan fingerprint density at radius 1 is 0.909 bits per heavy atom. The summed E-state index contributed by atoms with van der Waals surface area (Å²) in [5.74, 6) is -1.72. The van der Waals surface area contributed by atoms with Crippen molar-refractivity contribution in [3.05, 3.63) is 103 Å². The van der Waals surface area contributed by atoms with Gasteiger partial charge in [0.1, 0.15) is 23.3 Å². The molecule has 1 aromatic heterocycles. The fourth-order valence-electron chi connectivity index (χ4n) is 5.42. The number of fused-ring (bicyclic) bond motifs is 2. The van der Waals surface area contributed by atoms with Gasteiger partial charge >= 0.3 is 4.87 Å². The lowest BCUT2D eigenvalue weighted by Gasteiger charge is -2.30. The topological polar surface area (TPSA) is 150 Å². The number of nitrogens with zero attached hydrogens (tertiary/aromatic N) is 3. The van der Waals surface area contributed by atoms with Gasteiger partial charge in [0.15, 0.2) is 0 Å². The number of carbonyl (C=O) groups is 3. The third-order valence-corrected chi connectivity index (χ3v) is 10.1. The van der Waals surface area contributed by atoms with Crippen molar-refractivity contribution in [1.82, 2.24) is 4.57 Å². The first-order valence-electron chi connectivity index (χ1n) is 13.3. The van der Waals surface area contributed by atoms with Crippen LogP contribution in [0.25, 0.3) is 0 Å². The van der Waals surface area contributed by atoms with Crippen LogP contribution in [0.2, 0.25) is 0 Å². The molecule has 0 bridgehead atoms. The molecule has 0 radical (unpaired) electrons. The third-order valence-electron chi connectivity index (χ3n) is 7.52. The maximum atomic E-state index is 14.0. The van der Waals surface area contributed by atoms with Crippen molar-refractivity contribution in [3.8, 4) is 11.5 Å². The van der Waals surface area contributed by atoms with Gasteiger partial charge in [0.25, 0.3) is 5.69 Å². The lowest BCUT2D eigenvalue weighted by molar-refractivity contribution is -0.384. The van der Waals surface area contributed by atoms with Crippen LogP contribution in [-0.2, 0) is 20.9 Å². The van der Waals surface area contributed by atoms with Crippen molar-refractivity contribution in [1.29, 1.82) is 0 Å². The fourth-order valence-corrected chi connectivity index (χ4v) is 8.20. The number of nitro groups is 1. The predicted octanol–water partition coefficient (Wildman–Crippen LogP) is 4.27. The summed E-state index contributed by atoms with van der Waals surface area (Å²) in [6.45, 7) is -0.301. The Kier molecular flexibility index (Phi) is 7.69. The molecule has 3 amide bonds. The Bertz CT molecular complexity index is 1830. The summed E-state index contributed by atoms with van der Waals surface area (Å²) in [6.07, 6.45) is 0. The van der Waals surface area contributed by atoms with E-state index in [1.165, 1.54) is 43.1 Å². The maximum absolute atomic E-state index is 14.0. The van der Waals surface area contributed by atoms with Crippen LogP contribution in [0.15, 0.2) is 82.6 Å². The summed E-state index contributed by atoms with van der Waals surface area (Å²) in [7, 11) is 3.07. The number of nitrogens with one attached hydrogen (secondary N) is 1. The maximum Gasteiger partial charge on any atom is 0.308 e. The van der Waals surface area contributed by atoms with Crippen molar-refractivity contribution in [2.24, 2.45) is 5.92 Å². The van der Waals surface area contributed by atoms with E-state index < -0.39 is 44.6 Å². The lowest BCUT2D eigenvalue weighted by atomic mass is 9.83. The lowest BCUT2D eigenvalue weighted by Crippen LogP contribution is -2.33. The summed E-state index contributed by atoms with van der Waals surface area (Å²) < 4.78 is 11.8. The van der Waals surface area contributed by atoms with Crippen LogP contribution in [0.4, 0.5) is 17.1 Å². The van der Waals surface area contributed by atoms with E-state index in [-0.39, 0.29) is 17.9 Å². The number of thiazole rings is 1. The van der Waals surface area contributed by atoms with E-state index in [1.807, 2.05) is 0 Å². The van der Waals surface area contributed by atoms with Crippen molar-refractivity contribution < 1.29 is 28.8 Å². The van der Waals surface area contributed by atoms with Gasteiger partial charge in [-0.15, -0.1) is 0 Å². The molecule has 44 heavy (non-hydrogen) atoms. The van der Waals surface area contributed by atoms with Crippen LogP contribution in [0.1, 0.15) is 16.4 Å². The van der Waals surface area contributed by atoms with Gasteiger partial charge in [0, 0.05) is 28.6 Å². The minimum absolute atomic E-state index is 0.171. The van der Waals surface area contributed by atoms with Gasteiger partial charge in [-0.3, -0.25) is 33.9 Å². The number of hydrogen-bond donors (Lipinski definition) is 1. The first kappa shape index (κ1) is 29.1. The van der Waals surface area contributed by atoms with Gasteiger partial charge in [-0.2, -0.15) is 0 Å². The van der Waals surface area contributed by atoms with E-state index in [4.69, 9.17) is 9.47 Å². The minimum atomic E-state index is -0.901. The number of imide groups is 1. The second kappa shape index (κ2) is 11.6. The second-order valence-corrected chi connectivity index (χ2v) is 12.1. The number of nitro benzene ring substituents is 1. The van der Waals surface area contributed by atoms with Gasteiger partial charge in [-0.25, -0.2) is 4.90 Å². The molecule has 1 fully saturated rings. The molecule has 1 saturated heterocycles. The molecule has 0 unspecified atom stereocenters. The number of ether oxygens (including phenoxy) is 2. The normalized spacial score (nSPS) is 18.9. The Labute approximate surface area is 258 Å². The first-order valence-corrected chi connectivity index (χ1v) is 15.0. The number of carbonyl (C=O) groups excluding carboxylic acids is 3. The molecule has 0 aliphatic carbocycles. The second-order valence-electron chi connectivity index (χ2n) is 10.0. The average molecular weight is 633 g/mol. The number of methoxy groups -OCH3 is 2. The van der Waals surface area contributed by atoms with Crippen molar-refractivity contribution in [2.75, 3.05) is 24.4 Å². The number of hydrogen-bond acceptors (Lipinski definition) is 10. The average Bonchev–Trinajstić information content (AvgIpc) is 3.47. The van der Waals surface area contributed by atoms with Crippen LogP contribution in [0, 0.1) is 16.0 Å². The molecule has 0 saturated carbocycles. The van der Waals surface area contributed by atoms with Crippen LogP contribution < -0.4 is 24.6 Å². The molecule has 1 N–H and O–H groups in total. The molecule has 12 nitrogen and oxygen atoms in total. The highest BCUT2D eigenvalue weighted by Crippen LogP contribution is 2.54. The molecular formula is C30H24N4O8S2. The van der Waals surface area contributed by atoms with Crippen LogP contribution in [0.3, 0.4) is 0 Å². The van der Waals surface area contributed by atoms with E-state index in [9.17, 15) is 29.3 Å². The zero-order valence-corrected chi connectivity index (χ0v) is 24.9. The number of anilines is 2. The summed E-state index contributed by atoms with van der Waals surface area (Å²) in [4.78, 5) is 66.1. The summed E-state index contributed by atoms with van der Waals surface area (Å²) in [5, 5.41) is 13.5. The van der Waals surface area contributed by atoms with Gasteiger partial charge in [0.2, 0.25) is 17.7 Å². The zero-order valence-electron chi connectivity index (χ0n) is 23.3. The van der Waals surface area contributed by atoms with E-state index >= 15 is 0 Å². The Balaban J connectivity index is 1.38. The van der Waals surface area contributed by atoms with Gasteiger partial charge in [0.05, 0.1) is 35.8 Å². The summed E-state index contributed by atoms with van der Waals surface area (Å²) in [6, 6.07) is 19.0. The Morgan fingerprint density at radius 3 is 2.11 bits per heavy atom. The Hall–Kier alpha value is -4.95. The zero-order chi connectivity index (χ0) is 31.1. The van der Waals surface area contributed by atoms with Crippen molar-refractivity contribution in [3.63, 3.8) is 0 Å². The van der Waals surface area contributed by atoms with E-state index in [2.05, 4.69) is 5.32 Å². The number of aromatic nitrogens is 1. The number of benzene rings is 3. The monoisotopic (exact) mass is 632 g/mol. The molecule has 3 aromatic carbocycles. The molecule has 224 valence electrons. The smallest absolute Gasteiger partial charge is 0.308 e. The molecule has 3 heterocycles. The van der Waals surface area contributed by atoms with Gasteiger partial charge in [-0.1, -0.05) is 35.2 Å². The highest BCUT2D eigenvalue weighted by Gasteiger charge is 2.56. The molecule has 2 aliphatic rings. The Morgan fingerprint density at radius 2 is 1.52 bits per heavy atom. The first-order chi connectivity index (χ1) is 21.2. The summed E-state index contributed by atoms with van der Waals surface area (Å²) in [5.41, 5.74) is 1.26. The number of rotatable bonds is 8. The van der Waals surface area contributed by atoms with E-state index in [0.29, 0.717) is 32.7 Å². The molecule has 6 rings (SSSR count). The minimum Gasteiger partial charge on any atom is -0.497 e. The van der Waals surface area contributed by atoms with Gasteiger partial charge in [-0.05, 0) is 54.1 Å². The number of amides is 3. The third kappa shape index (κ3) is 5.11. The SMILES string of the molecule is COc1ccc(NC(=O)Cn2c3c(sc2=O)[C@@H](c2ccc(OC)cc2)[C@@H]2C(=O)N(c4ccc([N+](=O)[O-])cc4)C(=O)[C@@H]2S3)cc1.